The number of nitro groups is 1. The zero-order valence-corrected chi connectivity index (χ0v) is 11.4. The van der Waals surface area contributed by atoms with E-state index in [0.29, 0.717) is 22.0 Å². The van der Waals surface area contributed by atoms with E-state index in [1.807, 2.05) is 24.4 Å². The van der Waals surface area contributed by atoms with Crippen molar-refractivity contribution in [1.82, 2.24) is 14.6 Å². The van der Waals surface area contributed by atoms with Crippen LogP contribution in [0.3, 0.4) is 0 Å². The van der Waals surface area contributed by atoms with Crippen LogP contribution in [0, 0.1) is 10.1 Å². The van der Waals surface area contributed by atoms with Crippen LogP contribution in [0.4, 0.5) is 5.69 Å². The zero-order chi connectivity index (χ0) is 14.8. The summed E-state index contributed by atoms with van der Waals surface area (Å²) in [7, 11) is 0. The molecule has 8 heteroatoms. The molecule has 0 saturated carbocycles. The van der Waals surface area contributed by atoms with Gasteiger partial charge in [0, 0.05) is 17.2 Å². The average Bonchev–Trinajstić information content (AvgIpc) is 2.90. The fourth-order valence-corrected chi connectivity index (χ4v) is 2.72. The predicted octanol–water partition coefficient (Wildman–Crippen LogP) is 2.60. The minimum atomic E-state index is -0.579. The fourth-order valence-electron chi connectivity index (χ4n) is 1.85. The van der Waals surface area contributed by atoms with Gasteiger partial charge in [0.05, 0.1) is 10.5 Å². The van der Waals surface area contributed by atoms with E-state index in [0.717, 1.165) is 0 Å². The summed E-state index contributed by atoms with van der Waals surface area (Å²) in [6.07, 6.45) is 2.30. The van der Waals surface area contributed by atoms with Gasteiger partial charge in [-0.15, -0.1) is 10.2 Å². The van der Waals surface area contributed by atoms with Gasteiger partial charge in [-0.3, -0.25) is 19.3 Å². The summed E-state index contributed by atoms with van der Waals surface area (Å²) in [4.78, 5) is 21.9. The SMILES string of the molecule is O=Cc1cc(Sc2nnc3ccccn23)ccc1[N+](=O)[O-]. The molecule has 1 aromatic carbocycles. The summed E-state index contributed by atoms with van der Waals surface area (Å²) in [5, 5.41) is 19.5. The Bertz CT molecular complexity index is 846. The second kappa shape index (κ2) is 5.33. The first kappa shape index (κ1) is 13.3. The number of fused-ring (bicyclic) bond motifs is 1. The second-order valence-electron chi connectivity index (χ2n) is 4.11. The highest BCUT2D eigenvalue weighted by atomic mass is 32.2. The number of aromatic nitrogens is 3. The summed E-state index contributed by atoms with van der Waals surface area (Å²) in [6.45, 7) is 0. The van der Waals surface area contributed by atoms with E-state index in [1.165, 1.54) is 23.9 Å². The smallest absolute Gasteiger partial charge is 0.279 e. The maximum Gasteiger partial charge on any atom is 0.279 e. The maximum absolute atomic E-state index is 11.0. The Labute approximate surface area is 122 Å². The van der Waals surface area contributed by atoms with E-state index in [9.17, 15) is 14.9 Å². The summed E-state index contributed by atoms with van der Waals surface area (Å²) in [5.41, 5.74) is 0.539. The first-order chi connectivity index (χ1) is 10.2. The van der Waals surface area contributed by atoms with Gasteiger partial charge < -0.3 is 0 Å². The highest BCUT2D eigenvalue weighted by Gasteiger charge is 2.15. The maximum atomic E-state index is 11.0. The lowest BCUT2D eigenvalue weighted by Crippen LogP contribution is -1.94. The van der Waals surface area contributed by atoms with Crippen LogP contribution < -0.4 is 0 Å². The fraction of sp³-hybridized carbons (Fsp3) is 0. The topological polar surface area (TPSA) is 90.4 Å². The molecule has 0 N–H and O–H groups in total. The molecular formula is C13H8N4O3S. The first-order valence-electron chi connectivity index (χ1n) is 5.90. The number of nitro benzene ring substituents is 1. The Balaban J connectivity index is 1.98. The molecule has 104 valence electrons. The van der Waals surface area contributed by atoms with E-state index in [1.54, 1.807) is 10.5 Å². The summed E-state index contributed by atoms with van der Waals surface area (Å²) >= 11 is 1.28. The molecule has 0 radical (unpaired) electrons. The number of hydrogen-bond donors (Lipinski definition) is 0. The number of rotatable bonds is 4. The van der Waals surface area contributed by atoms with Crippen LogP contribution in [0.5, 0.6) is 0 Å². The molecule has 0 aliphatic carbocycles. The second-order valence-corrected chi connectivity index (χ2v) is 5.15. The van der Waals surface area contributed by atoms with Gasteiger partial charge in [0.2, 0.25) is 0 Å². The molecule has 21 heavy (non-hydrogen) atoms. The quantitative estimate of drug-likeness (QED) is 0.418. The Morgan fingerprint density at radius 2 is 2.10 bits per heavy atom. The van der Waals surface area contributed by atoms with Gasteiger partial charge >= 0.3 is 0 Å². The number of benzene rings is 1. The lowest BCUT2D eigenvalue weighted by Gasteiger charge is -2.01. The molecule has 0 aliphatic rings. The first-order valence-corrected chi connectivity index (χ1v) is 6.72. The lowest BCUT2D eigenvalue weighted by molar-refractivity contribution is -0.385. The molecule has 0 spiro atoms. The van der Waals surface area contributed by atoms with Crippen LogP contribution in [0.25, 0.3) is 5.65 Å². The molecule has 2 aromatic heterocycles. The summed E-state index contributed by atoms with van der Waals surface area (Å²) in [6, 6.07) is 9.90. The van der Waals surface area contributed by atoms with E-state index >= 15 is 0 Å². The minimum absolute atomic E-state index is 0.0406. The highest BCUT2D eigenvalue weighted by Crippen LogP contribution is 2.29. The standard InChI is InChI=1S/C13H8N4O3S/c18-8-9-7-10(4-5-11(9)17(19)20)21-13-15-14-12-3-1-2-6-16(12)13/h1-8H. The molecule has 7 nitrogen and oxygen atoms in total. The van der Waals surface area contributed by atoms with E-state index in [-0.39, 0.29) is 11.3 Å². The van der Waals surface area contributed by atoms with Crippen LogP contribution in [-0.2, 0) is 0 Å². The van der Waals surface area contributed by atoms with Crippen molar-refractivity contribution in [2.75, 3.05) is 0 Å². The van der Waals surface area contributed by atoms with Gasteiger partial charge in [-0.2, -0.15) is 0 Å². The van der Waals surface area contributed by atoms with Crippen LogP contribution in [-0.4, -0.2) is 25.8 Å². The highest BCUT2D eigenvalue weighted by molar-refractivity contribution is 7.99. The largest absolute Gasteiger partial charge is 0.298 e. The molecular weight excluding hydrogens is 292 g/mol. The number of hydrogen-bond acceptors (Lipinski definition) is 6. The number of carbonyl (C=O) groups is 1. The van der Waals surface area contributed by atoms with Crippen molar-refractivity contribution >= 4 is 29.4 Å². The van der Waals surface area contributed by atoms with Crippen molar-refractivity contribution < 1.29 is 9.72 Å². The molecule has 0 fully saturated rings. The molecule has 0 aliphatic heterocycles. The zero-order valence-electron chi connectivity index (χ0n) is 10.5. The number of pyridine rings is 1. The number of aldehydes is 1. The minimum Gasteiger partial charge on any atom is -0.298 e. The third kappa shape index (κ3) is 2.48. The van der Waals surface area contributed by atoms with Crippen molar-refractivity contribution in [2.45, 2.75) is 10.1 Å². The molecule has 0 atom stereocenters. The molecule has 2 heterocycles. The van der Waals surface area contributed by atoms with Crippen molar-refractivity contribution in [3.63, 3.8) is 0 Å². The molecule has 0 amide bonds. The molecule has 3 aromatic rings. The predicted molar refractivity (Wildman–Crippen MR) is 75.6 cm³/mol. The van der Waals surface area contributed by atoms with Gasteiger partial charge in [-0.1, -0.05) is 6.07 Å². The monoisotopic (exact) mass is 300 g/mol. The van der Waals surface area contributed by atoms with Crippen LogP contribution in [0.1, 0.15) is 10.4 Å². The molecule has 0 saturated heterocycles. The Morgan fingerprint density at radius 3 is 2.86 bits per heavy atom. The van der Waals surface area contributed by atoms with E-state index in [4.69, 9.17) is 0 Å². The van der Waals surface area contributed by atoms with Gasteiger partial charge in [0.25, 0.3) is 5.69 Å². The molecule has 3 rings (SSSR count). The lowest BCUT2D eigenvalue weighted by atomic mass is 10.2. The van der Waals surface area contributed by atoms with Crippen LogP contribution in [0.2, 0.25) is 0 Å². The Hall–Kier alpha value is -2.74. The van der Waals surface area contributed by atoms with Gasteiger partial charge in [-0.25, -0.2) is 0 Å². The summed E-state index contributed by atoms with van der Waals surface area (Å²) in [5.74, 6) is 0. The normalized spacial score (nSPS) is 10.7. The van der Waals surface area contributed by atoms with Crippen molar-refractivity contribution in [3.8, 4) is 0 Å². The van der Waals surface area contributed by atoms with Crippen LogP contribution in [0.15, 0.2) is 52.6 Å². The van der Waals surface area contributed by atoms with Crippen molar-refractivity contribution in [3.05, 3.63) is 58.3 Å². The Morgan fingerprint density at radius 1 is 1.24 bits per heavy atom. The Kier molecular flexibility index (Phi) is 3.36. The number of carbonyl (C=O) groups excluding carboxylic acids is 1. The average molecular weight is 300 g/mol. The summed E-state index contributed by atoms with van der Waals surface area (Å²) < 4.78 is 1.80. The van der Waals surface area contributed by atoms with Gasteiger partial charge in [-0.05, 0) is 36.0 Å². The molecule has 0 unspecified atom stereocenters. The van der Waals surface area contributed by atoms with Gasteiger partial charge in [0.1, 0.15) is 0 Å². The third-order valence-corrected chi connectivity index (χ3v) is 3.76. The van der Waals surface area contributed by atoms with Crippen molar-refractivity contribution in [1.29, 1.82) is 0 Å². The van der Waals surface area contributed by atoms with Crippen molar-refractivity contribution in [2.24, 2.45) is 0 Å². The van der Waals surface area contributed by atoms with E-state index < -0.39 is 4.92 Å². The van der Waals surface area contributed by atoms with Gasteiger partial charge in [0.15, 0.2) is 17.1 Å². The third-order valence-electron chi connectivity index (χ3n) is 2.81. The number of nitrogens with zero attached hydrogens (tertiary/aromatic N) is 4. The van der Waals surface area contributed by atoms with Crippen LogP contribution >= 0.6 is 11.8 Å². The molecule has 0 bridgehead atoms. The van der Waals surface area contributed by atoms with E-state index in [2.05, 4.69) is 10.2 Å².